The van der Waals surface area contributed by atoms with Gasteiger partial charge in [-0.15, -0.1) is 0 Å². The topological polar surface area (TPSA) is 64.7 Å². The van der Waals surface area contributed by atoms with E-state index >= 15 is 0 Å². The Labute approximate surface area is 108 Å². The molecule has 0 aromatic heterocycles. The standard InChI is InChI=1S/C14H21NO3/c1-8-4-13(17-3)11(5-9(2)15)12-6-10(16)7-18-14(8)12/h4,9-10,16H,5-7,15H2,1-3H3. The van der Waals surface area contributed by atoms with E-state index in [-0.39, 0.29) is 6.04 Å². The van der Waals surface area contributed by atoms with Gasteiger partial charge in [-0.25, -0.2) is 0 Å². The molecule has 1 aliphatic rings. The van der Waals surface area contributed by atoms with E-state index in [1.54, 1.807) is 7.11 Å². The molecule has 18 heavy (non-hydrogen) atoms. The first-order chi connectivity index (χ1) is 8.52. The maximum Gasteiger partial charge on any atom is 0.126 e. The van der Waals surface area contributed by atoms with Crippen LogP contribution in [0.25, 0.3) is 0 Å². The van der Waals surface area contributed by atoms with Crippen LogP contribution in [0.2, 0.25) is 0 Å². The van der Waals surface area contributed by atoms with Crippen LogP contribution in [0.1, 0.15) is 23.6 Å². The largest absolute Gasteiger partial charge is 0.496 e. The van der Waals surface area contributed by atoms with Crippen molar-refractivity contribution in [1.29, 1.82) is 0 Å². The summed E-state index contributed by atoms with van der Waals surface area (Å²) in [6.45, 7) is 4.32. The highest BCUT2D eigenvalue weighted by atomic mass is 16.5. The lowest BCUT2D eigenvalue weighted by atomic mass is 9.91. The van der Waals surface area contributed by atoms with Crippen molar-refractivity contribution in [2.75, 3.05) is 13.7 Å². The number of hydrogen-bond donors (Lipinski definition) is 2. The third-order valence-corrected chi connectivity index (χ3v) is 3.25. The van der Waals surface area contributed by atoms with Crippen molar-refractivity contribution >= 4 is 0 Å². The molecule has 0 aliphatic carbocycles. The number of benzene rings is 1. The molecule has 0 amide bonds. The summed E-state index contributed by atoms with van der Waals surface area (Å²) in [4.78, 5) is 0. The van der Waals surface area contributed by atoms with Crippen LogP contribution in [-0.2, 0) is 12.8 Å². The lowest BCUT2D eigenvalue weighted by Gasteiger charge is -2.27. The fourth-order valence-corrected chi connectivity index (χ4v) is 2.49. The molecule has 0 spiro atoms. The molecule has 1 aliphatic heterocycles. The molecule has 4 nitrogen and oxygen atoms in total. The van der Waals surface area contributed by atoms with Gasteiger partial charge in [-0.05, 0) is 31.9 Å². The molecular weight excluding hydrogens is 230 g/mol. The van der Waals surface area contributed by atoms with E-state index < -0.39 is 6.10 Å². The maximum atomic E-state index is 9.77. The smallest absolute Gasteiger partial charge is 0.126 e. The molecule has 1 aromatic rings. The summed E-state index contributed by atoms with van der Waals surface area (Å²) in [6.07, 6.45) is 0.882. The number of aliphatic hydroxyl groups is 1. The first-order valence-corrected chi connectivity index (χ1v) is 6.28. The van der Waals surface area contributed by atoms with Gasteiger partial charge in [-0.2, -0.15) is 0 Å². The van der Waals surface area contributed by atoms with Gasteiger partial charge in [-0.3, -0.25) is 0 Å². The molecule has 0 saturated carbocycles. The lowest BCUT2D eigenvalue weighted by molar-refractivity contribution is 0.0910. The first kappa shape index (κ1) is 13.2. The predicted octanol–water partition coefficient (Wildman–Crippen LogP) is 1.19. The maximum absolute atomic E-state index is 9.77. The van der Waals surface area contributed by atoms with Crippen LogP contribution in [0.3, 0.4) is 0 Å². The van der Waals surface area contributed by atoms with E-state index in [2.05, 4.69) is 0 Å². The Bertz CT molecular complexity index is 443. The fourth-order valence-electron chi connectivity index (χ4n) is 2.49. The third kappa shape index (κ3) is 2.44. The molecule has 0 bridgehead atoms. The zero-order valence-corrected chi connectivity index (χ0v) is 11.2. The second-order valence-corrected chi connectivity index (χ2v) is 5.03. The second kappa shape index (κ2) is 5.16. The number of hydrogen-bond acceptors (Lipinski definition) is 4. The molecule has 0 saturated heterocycles. The molecule has 4 heteroatoms. The van der Waals surface area contributed by atoms with Crippen LogP contribution in [0.5, 0.6) is 11.5 Å². The Morgan fingerprint density at radius 2 is 2.33 bits per heavy atom. The number of rotatable bonds is 3. The summed E-state index contributed by atoms with van der Waals surface area (Å²) in [5.41, 5.74) is 9.04. The van der Waals surface area contributed by atoms with E-state index in [1.807, 2.05) is 19.9 Å². The lowest BCUT2D eigenvalue weighted by Crippen LogP contribution is -2.28. The average Bonchev–Trinajstić information content (AvgIpc) is 2.31. The summed E-state index contributed by atoms with van der Waals surface area (Å²) in [7, 11) is 1.66. The summed E-state index contributed by atoms with van der Waals surface area (Å²) in [6, 6.07) is 2.03. The zero-order valence-electron chi connectivity index (χ0n) is 11.2. The van der Waals surface area contributed by atoms with Crippen molar-refractivity contribution in [2.45, 2.75) is 38.8 Å². The number of nitrogens with two attached hydrogens (primary N) is 1. The SMILES string of the molecule is COc1cc(C)c2c(c1CC(C)N)CC(O)CO2. The molecule has 0 fully saturated rings. The van der Waals surface area contributed by atoms with Gasteiger partial charge in [0.1, 0.15) is 18.1 Å². The predicted molar refractivity (Wildman–Crippen MR) is 70.3 cm³/mol. The van der Waals surface area contributed by atoms with Crippen LogP contribution in [-0.4, -0.2) is 31.0 Å². The van der Waals surface area contributed by atoms with Crippen molar-refractivity contribution in [3.63, 3.8) is 0 Å². The van der Waals surface area contributed by atoms with E-state index in [9.17, 15) is 5.11 Å². The summed E-state index contributed by atoms with van der Waals surface area (Å²) in [5, 5.41) is 9.77. The van der Waals surface area contributed by atoms with Crippen molar-refractivity contribution in [3.8, 4) is 11.5 Å². The monoisotopic (exact) mass is 251 g/mol. The summed E-state index contributed by atoms with van der Waals surface area (Å²) >= 11 is 0. The Morgan fingerprint density at radius 3 is 2.94 bits per heavy atom. The molecular formula is C14H21NO3. The number of ether oxygens (including phenoxy) is 2. The minimum absolute atomic E-state index is 0.0461. The van der Waals surface area contributed by atoms with E-state index in [4.69, 9.17) is 15.2 Å². The van der Waals surface area contributed by atoms with Crippen molar-refractivity contribution in [1.82, 2.24) is 0 Å². The Balaban J connectivity index is 2.53. The molecule has 2 unspecified atom stereocenters. The Morgan fingerprint density at radius 1 is 1.61 bits per heavy atom. The van der Waals surface area contributed by atoms with Crippen LogP contribution < -0.4 is 15.2 Å². The van der Waals surface area contributed by atoms with Gasteiger partial charge < -0.3 is 20.3 Å². The van der Waals surface area contributed by atoms with Crippen LogP contribution in [0, 0.1) is 6.92 Å². The highest BCUT2D eigenvalue weighted by Gasteiger charge is 2.25. The highest BCUT2D eigenvalue weighted by Crippen LogP contribution is 2.37. The normalized spacial score (nSPS) is 19.9. The minimum atomic E-state index is -0.448. The molecule has 2 rings (SSSR count). The van der Waals surface area contributed by atoms with Gasteiger partial charge in [0.2, 0.25) is 0 Å². The third-order valence-electron chi connectivity index (χ3n) is 3.25. The molecule has 1 aromatic carbocycles. The minimum Gasteiger partial charge on any atom is -0.496 e. The van der Waals surface area contributed by atoms with Crippen molar-refractivity contribution in [2.24, 2.45) is 5.73 Å². The van der Waals surface area contributed by atoms with E-state index in [0.717, 1.165) is 34.6 Å². The van der Waals surface area contributed by atoms with Crippen LogP contribution >= 0.6 is 0 Å². The van der Waals surface area contributed by atoms with E-state index in [0.29, 0.717) is 13.0 Å². The van der Waals surface area contributed by atoms with Gasteiger partial charge in [-0.1, -0.05) is 0 Å². The number of aryl methyl sites for hydroxylation is 1. The van der Waals surface area contributed by atoms with Gasteiger partial charge in [0.15, 0.2) is 0 Å². The number of aliphatic hydroxyl groups excluding tert-OH is 1. The Hall–Kier alpha value is -1.26. The second-order valence-electron chi connectivity index (χ2n) is 5.03. The van der Waals surface area contributed by atoms with Crippen LogP contribution in [0.15, 0.2) is 6.07 Å². The number of fused-ring (bicyclic) bond motifs is 1. The molecule has 100 valence electrons. The Kier molecular flexibility index (Phi) is 3.78. The van der Waals surface area contributed by atoms with Crippen molar-refractivity contribution in [3.05, 3.63) is 22.8 Å². The fraction of sp³-hybridized carbons (Fsp3) is 0.571. The summed E-state index contributed by atoms with van der Waals surface area (Å²) in [5.74, 6) is 1.72. The molecule has 2 atom stereocenters. The molecule has 3 N–H and O–H groups in total. The van der Waals surface area contributed by atoms with Crippen LogP contribution in [0.4, 0.5) is 0 Å². The molecule has 1 heterocycles. The van der Waals surface area contributed by atoms with Gasteiger partial charge in [0.25, 0.3) is 0 Å². The van der Waals surface area contributed by atoms with Crippen molar-refractivity contribution < 1.29 is 14.6 Å². The average molecular weight is 251 g/mol. The highest BCUT2D eigenvalue weighted by molar-refractivity contribution is 5.54. The zero-order chi connectivity index (χ0) is 13.3. The van der Waals surface area contributed by atoms with Gasteiger partial charge in [0.05, 0.1) is 13.2 Å². The molecule has 0 radical (unpaired) electrons. The van der Waals surface area contributed by atoms with E-state index in [1.165, 1.54) is 0 Å². The van der Waals surface area contributed by atoms with Gasteiger partial charge in [0, 0.05) is 23.6 Å². The summed E-state index contributed by atoms with van der Waals surface area (Å²) < 4.78 is 11.1. The first-order valence-electron chi connectivity index (χ1n) is 6.28. The number of methoxy groups -OCH3 is 1. The quantitative estimate of drug-likeness (QED) is 0.847. The van der Waals surface area contributed by atoms with Gasteiger partial charge >= 0.3 is 0 Å².